The van der Waals surface area contributed by atoms with E-state index in [1.165, 1.54) is 0 Å². The molecular weight excluding hydrogens is 260 g/mol. The number of halogens is 1. The summed E-state index contributed by atoms with van der Waals surface area (Å²) in [6.07, 6.45) is 0. The summed E-state index contributed by atoms with van der Waals surface area (Å²) < 4.78 is 1.94. The first kappa shape index (κ1) is 12.1. The van der Waals surface area contributed by atoms with Crippen molar-refractivity contribution in [2.75, 3.05) is 0 Å². The Kier molecular flexibility index (Phi) is 2.72. The number of phenolic OH excluding ortho intramolecular Hbond substituents is 1. The normalized spacial score (nSPS) is 11.1. The quantitative estimate of drug-likeness (QED) is 0.729. The maximum atomic E-state index is 10.0. The monoisotopic (exact) mass is 272 g/mol. The summed E-state index contributed by atoms with van der Waals surface area (Å²) in [6.45, 7) is 1.99. The van der Waals surface area contributed by atoms with Gasteiger partial charge in [-0.2, -0.15) is 0 Å². The van der Waals surface area contributed by atoms with Gasteiger partial charge in [0, 0.05) is 12.1 Å². The molecule has 1 aromatic heterocycles. The molecule has 0 unspecified atom stereocenters. The number of hydrogen-bond acceptors (Lipinski definition) is 2. The minimum absolute atomic E-state index is 0.232. The number of nitrogens with zero attached hydrogens (tertiary/aromatic N) is 2. The summed E-state index contributed by atoms with van der Waals surface area (Å²) in [5.74, 6) is 0.966. The number of aromatic hydroxyl groups is 1. The summed E-state index contributed by atoms with van der Waals surface area (Å²) in [4.78, 5) is 4.57. The van der Waals surface area contributed by atoms with E-state index in [-0.39, 0.29) is 5.75 Å². The summed E-state index contributed by atoms with van der Waals surface area (Å²) in [5, 5.41) is 10.7. The molecule has 0 aliphatic carbocycles. The number of rotatable bonds is 1. The van der Waals surface area contributed by atoms with E-state index >= 15 is 0 Å². The van der Waals surface area contributed by atoms with Crippen LogP contribution in [-0.2, 0) is 7.05 Å². The molecule has 0 fully saturated rings. The third kappa shape index (κ3) is 1.96. The average molecular weight is 273 g/mol. The van der Waals surface area contributed by atoms with Crippen LogP contribution < -0.4 is 0 Å². The van der Waals surface area contributed by atoms with Crippen LogP contribution in [-0.4, -0.2) is 14.7 Å². The van der Waals surface area contributed by atoms with Crippen LogP contribution in [0.2, 0.25) is 5.02 Å². The fourth-order valence-electron chi connectivity index (χ4n) is 2.23. The van der Waals surface area contributed by atoms with E-state index in [1.807, 2.05) is 48.9 Å². The van der Waals surface area contributed by atoms with Gasteiger partial charge >= 0.3 is 0 Å². The minimum atomic E-state index is 0.232. The molecule has 0 atom stereocenters. The van der Waals surface area contributed by atoms with Gasteiger partial charge in [-0.25, -0.2) is 4.98 Å². The van der Waals surface area contributed by atoms with Crippen molar-refractivity contribution in [1.29, 1.82) is 0 Å². The maximum Gasteiger partial charge on any atom is 0.144 e. The van der Waals surface area contributed by atoms with Crippen molar-refractivity contribution in [1.82, 2.24) is 9.55 Å². The fourth-order valence-corrected chi connectivity index (χ4v) is 2.40. The van der Waals surface area contributed by atoms with Crippen molar-refractivity contribution in [3.05, 3.63) is 47.0 Å². The lowest BCUT2D eigenvalue weighted by molar-refractivity contribution is 0.476. The van der Waals surface area contributed by atoms with Crippen molar-refractivity contribution in [3.8, 4) is 17.1 Å². The summed E-state index contributed by atoms with van der Waals surface area (Å²) in [6, 6.07) is 11.1. The molecule has 1 N–H and O–H groups in total. The first-order valence-electron chi connectivity index (χ1n) is 5.98. The standard InChI is InChI=1S/C15H13ClN2O/c1-9-3-6-14(19)11(7-9)15-17-12-5-4-10(16)8-13(12)18(15)2/h3-8,19H,1-2H3. The fraction of sp³-hybridized carbons (Fsp3) is 0.133. The highest BCUT2D eigenvalue weighted by molar-refractivity contribution is 6.31. The SMILES string of the molecule is Cc1ccc(O)c(-c2nc3ccc(Cl)cc3n2C)c1. The number of hydrogen-bond donors (Lipinski definition) is 1. The van der Waals surface area contributed by atoms with Gasteiger partial charge in [0.15, 0.2) is 0 Å². The molecule has 3 rings (SSSR count). The van der Waals surface area contributed by atoms with Gasteiger partial charge in [-0.1, -0.05) is 23.2 Å². The molecule has 0 saturated carbocycles. The lowest BCUT2D eigenvalue weighted by Crippen LogP contribution is -1.93. The van der Waals surface area contributed by atoms with E-state index in [1.54, 1.807) is 6.07 Å². The van der Waals surface area contributed by atoms with Gasteiger partial charge in [0.2, 0.25) is 0 Å². The van der Waals surface area contributed by atoms with E-state index in [0.717, 1.165) is 28.0 Å². The van der Waals surface area contributed by atoms with Crippen molar-refractivity contribution in [2.45, 2.75) is 6.92 Å². The Morgan fingerprint density at radius 3 is 2.74 bits per heavy atom. The highest BCUT2D eigenvalue weighted by atomic mass is 35.5. The zero-order valence-electron chi connectivity index (χ0n) is 10.7. The van der Waals surface area contributed by atoms with Gasteiger partial charge in [-0.3, -0.25) is 0 Å². The van der Waals surface area contributed by atoms with E-state index in [9.17, 15) is 5.11 Å². The molecule has 0 bridgehead atoms. The molecule has 19 heavy (non-hydrogen) atoms. The van der Waals surface area contributed by atoms with Crippen LogP contribution >= 0.6 is 11.6 Å². The second-order valence-corrected chi connectivity index (χ2v) is 5.08. The van der Waals surface area contributed by atoms with E-state index < -0.39 is 0 Å². The van der Waals surface area contributed by atoms with Gasteiger partial charge in [-0.15, -0.1) is 0 Å². The smallest absolute Gasteiger partial charge is 0.144 e. The summed E-state index contributed by atoms with van der Waals surface area (Å²) in [7, 11) is 1.92. The Bertz CT molecular complexity index is 777. The van der Waals surface area contributed by atoms with Crippen LogP contribution in [0.25, 0.3) is 22.4 Å². The number of imidazole rings is 1. The zero-order valence-corrected chi connectivity index (χ0v) is 11.4. The van der Waals surface area contributed by atoms with Crippen LogP contribution in [0.3, 0.4) is 0 Å². The van der Waals surface area contributed by atoms with Gasteiger partial charge < -0.3 is 9.67 Å². The topological polar surface area (TPSA) is 38.1 Å². The van der Waals surface area contributed by atoms with E-state index in [4.69, 9.17) is 11.6 Å². The van der Waals surface area contributed by atoms with E-state index in [0.29, 0.717) is 5.02 Å². The molecule has 2 aromatic carbocycles. The predicted molar refractivity (Wildman–Crippen MR) is 77.6 cm³/mol. The van der Waals surface area contributed by atoms with Crippen LogP contribution in [0, 0.1) is 6.92 Å². The number of benzene rings is 2. The molecule has 3 nitrogen and oxygen atoms in total. The van der Waals surface area contributed by atoms with Crippen molar-refractivity contribution in [2.24, 2.45) is 7.05 Å². The second-order valence-electron chi connectivity index (χ2n) is 4.65. The first-order valence-corrected chi connectivity index (χ1v) is 6.36. The van der Waals surface area contributed by atoms with Crippen LogP contribution in [0.5, 0.6) is 5.75 Å². The highest BCUT2D eigenvalue weighted by Crippen LogP contribution is 2.31. The van der Waals surface area contributed by atoms with Crippen LogP contribution in [0.15, 0.2) is 36.4 Å². The molecule has 4 heteroatoms. The molecule has 0 radical (unpaired) electrons. The van der Waals surface area contributed by atoms with Crippen molar-refractivity contribution < 1.29 is 5.11 Å². The molecule has 0 aliphatic heterocycles. The number of phenols is 1. The van der Waals surface area contributed by atoms with E-state index in [2.05, 4.69) is 4.98 Å². The minimum Gasteiger partial charge on any atom is -0.507 e. The number of fused-ring (bicyclic) bond motifs is 1. The lowest BCUT2D eigenvalue weighted by atomic mass is 10.1. The maximum absolute atomic E-state index is 10.0. The van der Waals surface area contributed by atoms with Gasteiger partial charge in [0.25, 0.3) is 0 Å². The molecular formula is C15H13ClN2O. The van der Waals surface area contributed by atoms with Gasteiger partial charge in [0.05, 0.1) is 16.6 Å². The molecule has 0 saturated heterocycles. The Morgan fingerprint density at radius 1 is 1.16 bits per heavy atom. The summed E-state index contributed by atoms with van der Waals surface area (Å²) in [5.41, 5.74) is 3.62. The third-order valence-corrected chi connectivity index (χ3v) is 3.47. The van der Waals surface area contributed by atoms with Crippen molar-refractivity contribution in [3.63, 3.8) is 0 Å². The molecule has 0 aliphatic rings. The van der Waals surface area contributed by atoms with Crippen LogP contribution in [0.4, 0.5) is 0 Å². The predicted octanol–water partition coefficient (Wildman–Crippen LogP) is 3.91. The van der Waals surface area contributed by atoms with Gasteiger partial charge in [0.1, 0.15) is 11.6 Å². The molecule has 0 spiro atoms. The third-order valence-electron chi connectivity index (χ3n) is 3.24. The lowest BCUT2D eigenvalue weighted by Gasteiger charge is -2.06. The van der Waals surface area contributed by atoms with Crippen molar-refractivity contribution >= 4 is 22.6 Å². The Morgan fingerprint density at radius 2 is 1.95 bits per heavy atom. The highest BCUT2D eigenvalue weighted by Gasteiger charge is 2.13. The number of aryl methyl sites for hydroxylation is 2. The first-order chi connectivity index (χ1) is 9.06. The second kappa shape index (κ2) is 4.28. The Balaban J connectivity index is 2.31. The Hall–Kier alpha value is -2.00. The largest absolute Gasteiger partial charge is 0.507 e. The molecule has 96 valence electrons. The molecule has 1 heterocycles. The molecule has 3 aromatic rings. The van der Waals surface area contributed by atoms with Crippen LogP contribution in [0.1, 0.15) is 5.56 Å². The average Bonchev–Trinajstić information content (AvgIpc) is 2.70. The summed E-state index contributed by atoms with van der Waals surface area (Å²) >= 11 is 6.01. The number of aromatic nitrogens is 2. The van der Waals surface area contributed by atoms with Gasteiger partial charge in [-0.05, 0) is 37.3 Å². The Labute approximate surface area is 116 Å². The molecule has 0 amide bonds. The zero-order chi connectivity index (χ0) is 13.6.